The van der Waals surface area contributed by atoms with Gasteiger partial charge in [0.1, 0.15) is 17.4 Å². The molecule has 0 aromatic carbocycles. The van der Waals surface area contributed by atoms with E-state index in [0.29, 0.717) is 0 Å². The average molecular weight is 272 g/mol. The van der Waals surface area contributed by atoms with Gasteiger partial charge in [-0.15, -0.1) is 0 Å². The van der Waals surface area contributed by atoms with Crippen molar-refractivity contribution < 1.29 is 14.3 Å². The van der Waals surface area contributed by atoms with Gasteiger partial charge in [0.15, 0.2) is 0 Å². The molecule has 6 nitrogen and oxygen atoms in total. The number of methoxy groups -OCH3 is 1. The minimum atomic E-state index is -0.487. The van der Waals surface area contributed by atoms with Crippen LogP contribution in [0.3, 0.4) is 0 Å². The Labute approximate surface area is 110 Å². The van der Waals surface area contributed by atoms with Gasteiger partial charge in [-0.1, -0.05) is 11.6 Å². The van der Waals surface area contributed by atoms with Crippen LogP contribution in [0.1, 0.15) is 24.3 Å². The zero-order valence-electron chi connectivity index (χ0n) is 10.4. The number of esters is 1. The van der Waals surface area contributed by atoms with Gasteiger partial charge in [0.2, 0.25) is 0 Å². The number of ether oxygens (including phenoxy) is 1. The highest BCUT2D eigenvalue weighted by molar-refractivity contribution is 6.29. The fourth-order valence-electron chi connectivity index (χ4n) is 1.26. The van der Waals surface area contributed by atoms with Gasteiger partial charge in [0.05, 0.1) is 19.5 Å². The van der Waals surface area contributed by atoms with Crippen LogP contribution in [0.5, 0.6) is 0 Å². The number of nitrogens with zero attached hydrogens (tertiary/aromatic N) is 3. The number of carbonyl (C=O) groups is 2. The fraction of sp³-hybridized carbons (Fsp3) is 0.455. The molecule has 1 aromatic rings. The third-order valence-corrected chi connectivity index (χ3v) is 2.45. The second kappa shape index (κ2) is 6.30. The maximum absolute atomic E-state index is 12.1. The van der Waals surface area contributed by atoms with Gasteiger partial charge < -0.3 is 9.64 Å². The third kappa shape index (κ3) is 3.66. The summed E-state index contributed by atoms with van der Waals surface area (Å²) in [5.41, 5.74) is 0.136. The molecule has 0 aliphatic carbocycles. The van der Waals surface area contributed by atoms with Crippen LogP contribution in [0.25, 0.3) is 0 Å². The molecule has 1 aromatic heterocycles. The molecule has 0 bridgehead atoms. The Morgan fingerprint density at radius 2 is 2.06 bits per heavy atom. The zero-order chi connectivity index (χ0) is 13.7. The van der Waals surface area contributed by atoms with Crippen LogP contribution in [0.15, 0.2) is 12.4 Å². The van der Waals surface area contributed by atoms with E-state index in [9.17, 15) is 9.59 Å². The first-order chi connectivity index (χ1) is 8.45. The molecule has 98 valence electrons. The highest BCUT2D eigenvalue weighted by Crippen LogP contribution is 2.08. The summed E-state index contributed by atoms with van der Waals surface area (Å²) >= 11 is 5.59. The van der Waals surface area contributed by atoms with E-state index in [1.807, 2.05) is 0 Å². The molecule has 18 heavy (non-hydrogen) atoms. The quantitative estimate of drug-likeness (QED) is 0.768. The van der Waals surface area contributed by atoms with Crippen molar-refractivity contribution in [3.63, 3.8) is 0 Å². The molecule has 0 fully saturated rings. The molecule has 1 heterocycles. The summed E-state index contributed by atoms with van der Waals surface area (Å²) in [6.07, 6.45) is 2.56. The van der Waals surface area contributed by atoms with E-state index in [1.54, 1.807) is 13.8 Å². The Morgan fingerprint density at radius 3 is 2.50 bits per heavy atom. The molecule has 7 heteroatoms. The third-order valence-electron chi connectivity index (χ3n) is 2.25. The topological polar surface area (TPSA) is 72.4 Å². The van der Waals surface area contributed by atoms with Crippen LogP contribution < -0.4 is 0 Å². The lowest BCUT2D eigenvalue weighted by Gasteiger charge is -2.24. The maximum atomic E-state index is 12.1. The summed E-state index contributed by atoms with van der Waals surface area (Å²) in [6.45, 7) is 3.46. The summed E-state index contributed by atoms with van der Waals surface area (Å²) in [5, 5.41) is 0.204. The zero-order valence-corrected chi connectivity index (χ0v) is 11.1. The SMILES string of the molecule is COC(=O)CN(C(=O)c1cnc(Cl)cn1)C(C)C. The van der Waals surface area contributed by atoms with E-state index in [1.165, 1.54) is 24.4 Å². The standard InChI is InChI=1S/C11H14ClN3O3/c1-7(2)15(6-10(16)18-3)11(17)8-4-14-9(12)5-13-8/h4-5,7H,6H2,1-3H3. The van der Waals surface area contributed by atoms with Gasteiger partial charge in [-0.05, 0) is 13.8 Å². The molecule has 0 atom stereocenters. The first-order valence-electron chi connectivity index (χ1n) is 5.31. The van der Waals surface area contributed by atoms with Crippen molar-refractivity contribution in [1.82, 2.24) is 14.9 Å². The van der Waals surface area contributed by atoms with Crippen LogP contribution >= 0.6 is 11.6 Å². The lowest BCUT2D eigenvalue weighted by Crippen LogP contribution is -2.41. The molecule has 0 unspecified atom stereocenters. The van der Waals surface area contributed by atoms with Crippen molar-refractivity contribution in [2.24, 2.45) is 0 Å². The van der Waals surface area contributed by atoms with E-state index >= 15 is 0 Å². The highest BCUT2D eigenvalue weighted by Gasteiger charge is 2.23. The second-order valence-corrected chi connectivity index (χ2v) is 4.21. The largest absolute Gasteiger partial charge is 0.468 e. The molecule has 0 saturated heterocycles. The van der Waals surface area contributed by atoms with Crippen molar-refractivity contribution in [3.8, 4) is 0 Å². The van der Waals surface area contributed by atoms with Gasteiger partial charge >= 0.3 is 5.97 Å². The van der Waals surface area contributed by atoms with E-state index in [-0.39, 0.29) is 29.3 Å². The first kappa shape index (κ1) is 14.4. The van der Waals surface area contributed by atoms with Crippen molar-refractivity contribution in [1.29, 1.82) is 0 Å². The van der Waals surface area contributed by atoms with E-state index in [4.69, 9.17) is 11.6 Å². The number of hydrogen-bond donors (Lipinski definition) is 0. The highest BCUT2D eigenvalue weighted by atomic mass is 35.5. The maximum Gasteiger partial charge on any atom is 0.325 e. The van der Waals surface area contributed by atoms with Gasteiger partial charge in [-0.25, -0.2) is 9.97 Å². The number of rotatable bonds is 4. The Morgan fingerprint density at radius 1 is 1.39 bits per heavy atom. The molecule has 0 saturated carbocycles. The molecule has 1 rings (SSSR count). The molecule has 0 aliphatic heterocycles. The first-order valence-corrected chi connectivity index (χ1v) is 5.68. The predicted molar refractivity (Wildman–Crippen MR) is 65.2 cm³/mol. The van der Waals surface area contributed by atoms with Crippen molar-refractivity contribution in [2.75, 3.05) is 13.7 Å². The second-order valence-electron chi connectivity index (χ2n) is 3.83. The smallest absolute Gasteiger partial charge is 0.325 e. The van der Waals surface area contributed by atoms with Crippen molar-refractivity contribution in [3.05, 3.63) is 23.2 Å². The van der Waals surface area contributed by atoms with Gasteiger partial charge in [-0.2, -0.15) is 0 Å². The van der Waals surface area contributed by atoms with E-state index in [2.05, 4.69) is 14.7 Å². The minimum Gasteiger partial charge on any atom is -0.468 e. The van der Waals surface area contributed by atoms with Crippen LogP contribution in [0, 0.1) is 0 Å². The fourth-order valence-corrected chi connectivity index (χ4v) is 1.36. The van der Waals surface area contributed by atoms with Crippen LogP contribution in [-0.4, -0.2) is 46.4 Å². The van der Waals surface area contributed by atoms with Crippen LogP contribution in [-0.2, 0) is 9.53 Å². The number of carbonyl (C=O) groups excluding carboxylic acids is 2. The molecule has 0 radical (unpaired) electrons. The number of aromatic nitrogens is 2. The summed E-state index contributed by atoms with van der Waals surface area (Å²) in [7, 11) is 1.27. The van der Waals surface area contributed by atoms with Crippen LogP contribution in [0.2, 0.25) is 5.15 Å². The monoisotopic (exact) mass is 271 g/mol. The molecule has 1 amide bonds. The van der Waals surface area contributed by atoms with Crippen LogP contribution in [0.4, 0.5) is 0 Å². The molecule has 0 aliphatic rings. The van der Waals surface area contributed by atoms with E-state index < -0.39 is 5.97 Å². The molecular formula is C11H14ClN3O3. The average Bonchev–Trinajstić information content (AvgIpc) is 2.35. The molecule has 0 N–H and O–H groups in total. The Kier molecular flexibility index (Phi) is 5.03. The lowest BCUT2D eigenvalue weighted by atomic mass is 10.2. The minimum absolute atomic E-state index is 0.128. The summed E-state index contributed by atoms with van der Waals surface area (Å²) in [4.78, 5) is 32.4. The summed E-state index contributed by atoms with van der Waals surface area (Å²) in [6, 6.07) is -0.158. The Hall–Kier alpha value is -1.69. The summed E-state index contributed by atoms with van der Waals surface area (Å²) < 4.78 is 4.55. The van der Waals surface area contributed by atoms with E-state index in [0.717, 1.165) is 0 Å². The molecule has 0 spiro atoms. The number of hydrogen-bond acceptors (Lipinski definition) is 5. The van der Waals surface area contributed by atoms with Gasteiger partial charge in [0.25, 0.3) is 5.91 Å². The predicted octanol–water partition coefficient (Wildman–Crippen LogP) is 1.15. The van der Waals surface area contributed by atoms with Gasteiger partial charge in [-0.3, -0.25) is 9.59 Å². The Balaban J connectivity index is 2.89. The Bertz CT molecular complexity index is 434. The summed E-state index contributed by atoms with van der Waals surface area (Å²) in [5.74, 6) is -0.876. The number of halogens is 1. The lowest BCUT2D eigenvalue weighted by molar-refractivity contribution is -0.141. The normalized spacial score (nSPS) is 10.3. The molecular weight excluding hydrogens is 258 g/mol. The van der Waals surface area contributed by atoms with Crippen molar-refractivity contribution in [2.45, 2.75) is 19.9 Å². The van der Waals surface area contributed by atoms with Crippen molar-refractivity contribution >= 4 is 23.5 Å². The number of amides is 1. The van der Waals surface area contributed by atoms with Gasteiger partial charge in [0, 0.05) is 6.04 Å².